The molecule has 0 aliphatic rings. The van der Waals surface area contributed by atoms with Crippen molar-refractivity contribution in [1.29, 1.82) is 0 Å². The zero-order valence-corrected chi connectivity index (χ0v) is 18.1. The predicted octanol–water partition coefficient (Wildman–Crippen LogP) is 2.84. The van der Waals surface area contributed by atoms with Gasteiger partial charge in [-0.15, -0.1) is 0 Å². The van der Waals surface area contributed by atoms with Crippen LogP contribution < -0.4 is 5.73 Å². The van der Waals surface area contributed by atoms with Gasteiger partial charge in [-0.25, -0.2) is 19.9 Å². The molecule has 0 aromatic carbocycles. The molecule has 5 aromatic rings. The van der Waals surface area contributed by atoms with E-state index < -0.39 is 0 Å². The monoisotopic (exact) mass is 443 g/mol. The number of hydrogen-bond donors (Lipinski definition) is 1. The Balaban J connectivity index is 1.55. The van der Waals surface area contributed by atoms with Gasteiger partial charge >= 0.3 is 0 Å². The summed E-state index contributed by atoms with van der Waals surface area (Å²) in [5.74, 6) is 0.0655. The minimum atomic E-state index is -0.209. The maximum absolute atomic E-state index is 13.1. The molecule has 0 spiro atoms. The van der Waals surface area contributed by atoms with Crippen LogP contribution in [0.3, 0.4) is 0 Å². The smallest absolute Gasteiger partial charge is 0.247 e. The molecule has 11 nitrogen and oxygen atoms in total. The molecule has 0 amide bonds. The van der Waals surface area contributed by atoms with E-state index >= 15 is 0 Å². The largest absolute Gasteiger partial charge is 0.443 e. The summed E-state index contributed by atoms with van der Waals surface area (Å²) >= 11 is 0. The van der Waals surface area contributed by atoms with E-state index in [2.05, 4.69) is 30.1 Å². The van der Waals surface area contributed by atoms with Crippen LogP contribution in [-0.2, 0) is 6.54 Å². The van der Waals surface area contributed by atoms with E-state index in [9.17, 15) is 4.79 Å². The van der Waals surface area contributed by atoms with Crippen LogP contribution >= 0.6 is 0 Å². The Morgan fingerprint density at radius 3 is 2.70 bits per heavy atom. The Morgan fingerprint density at radius 2 is 1.94 bits per heavy atom. The Hall–Kier alpha value is -4.41. The molecule has 1 atom stereocenters. The number of rotatable bonds is 7. The fourth-order valence-electron chi connectivity index (χ4n) is 3.68. The number of Topliss-reactive ketones (excluding diaryl/α,β-unsaturated/α-hetero) is 1. The number of ketones is 1. The van der Waals surface area contributed by atoms with Crippen molar-refractivity contribution >= 4 is 17.2 Å². The summed E-state index contributed by atoms with van der Waals surface area (Å²) in [4.78, 5) is 32.4. The molecule has 0 unspecified atom stereocenters. The molecule has 166 valence electrons. The second kappa shape index (κ2) is 8.26. The summed E-state index contributed by atoms with van der Waals surface area (Å²) < 4.78 is 7.40. The van der Waals surface area contributed by atoms with Gasteiger partial charge in [0.1, 0.15) is 23.3 Å². The maximum atomic E-state index is 13.1. The number of anilines is 1. The van der Waals surface area contributed by atoms with E-state index in [4.69, 9.17) is 10.2 Å². The van der Waals surface area contributed by atoms with Crippen LogP contribution in [0.1, 0.15) is 29.5 Å². The number of carbonyl (C=O) groups excluding carboxylic acids is 1. The van der Waals surface area contributed by atoms with Crippen molar-refractivity contribution in [2.45, 2.75) is 26.8 Å². The molecular weight excluding hydrogens is 422 g/mol. The summed E-state index contributed by atoms with van der Waals surface area (Å²) in [5.41, 5.74) is 9.59. The van der Waals surface area contributed by atoms with E-state index in [0.717, 1.165) is 16.9 Å². The molecule has 0 saturated carbocycles. The molecule has 11 heteroatoms. The quantitative estimate of drug-likeness (QED) is 0.375. The van der Waals surface area contributed by atoms with Crippen LogP contribution in [0.2, 0.25) is 0 Å². The highest BCUT2D eigenvalue weighted by Crippen LogP contribution is 2.31. The molecular formula is C22H21N9O2. The summed E-state index contributed by atoms with van der Waals surface area (Å²) in [6.07, 6.45) is 10.1. The van der Waals surface area contributed by atoms with Crippen LogP contribution in [0.4, 0.5) is 5.82 Å². The fraction of sp³-hybridized carbons (Fsp3) is 0.227. The highest BCUT2D eigenvalue weighted by Gasteiger charge is 2.23. The SMILES string of the molecule is Cc1cnc2ccc(-c3nc(C(=O)C[C@H](C)Cn4nccn4)c(N)nc3-c3ncco3)cn12. The highest BCUT2D eigenvalue weighted by molar-refractivity contribution is 5.99. The Kier molecular flexibility index (Phi) is 5.13. The molecule has 0 aliphatic carbocycles. The molecule has 0 aliphatic heterocycles. The topological polar surface area (TPSA) is 143 Å². The first-order valence-electron chi connectivity index (χ1n) is 10.4. The maximum Gasteiger partial charge on any atom is 0.247 e. The van der Waals surface area contributed by atoms with Crippen LogP contribution in [-0.4, -0.2) is 45.1 Å². The van der Waals surface area contributed by atoms with E-state index in [-0.39, 0.29) is 35.5 Å². The molecule has 33 heavy (non-hydrogen) atoms. The third-order valence-corrected chi connectivity index (χ3v) is 5.26. The summed E-state index contributed by atoms with van der Waals surface area (Å²) in [5, 5.41) is 8.18. The van der Waals surface area contributed by atoms with Crippen LogP contribution in [0.5, 0.6) is 0 Å². The first-order valence-corrected chi connectivity index (χ1v) is 10.4. The van der Waals surface area contributed by atoms with E-state index in [1.807, 2.05) is 36.6 Å². The molecule has 0 bridgehead atoms. The van der Waals surface area contributed by atoms with Crippen molar-refractivity contribution in [3.05, 3.63) is 60.8 Å². The van der Waals surface area contributed by atoms with E-state index in [0.29, 0.717) is 17.9 Å². The highest BCUT2D eigenvalue weighted by atomic mass is 16.3. The molecule has 0 radical (unpaired) electrons. The Morgan fingerprint density at radius 1 is 1.12 bits per heavy atom. The Bertz CT molecular complexity index is 1420. The fourth-order valence-corrected chi connectivity index (χ4v) is 3.68. The van der Waals surface area contributed by atoms with Gasteiger partial charge in [0, 0.05) is 30.1 Å². The van der Waals surface area contributed by atoms with E-state index in [1.54, 1.807) is 23.4 Å². The molecule has 0 saturated heterocycles. The lowest BCUT2D eigenvalue weighted by atomic mass is 10.0. The summed E-state index contributed by atoms with van der Waals surface area (Å²) in [7, 11) is 0. The molecule has 5 heterocycles. The van der Waals surface area contributed by atoms with Gasteiger partial charge in [-0.3, -0.25) is 4.79 Å². The number of hydrogen-bond acceptors (Lipinski definition) is 9. The zero-order chi connectivity index (χ0) is 22.9. The van der Waals surface area contributed by atoms with Crippen molar-refractivity contribution < 1.29 is 9.21 Å². The number of pyridine rings is 1. The minimum absolute atomic E-state index is 0.0223. The lowest BCUT2D eigenvalue weighted by Gasteiger charge is -2.13. The zero-order valence-electron chi connectivity index (χ0n) is 18.1. The Labute approximate surface area is 188 Å². The lowest BCUT2D eigenvalue weighted by Crippen LogP contribution is -2.17. The molecule has 2 N–H and O–H groups in total. The van der Waals surface area contributed by atoms with Crippen LogP contribution in [0, 0.1) is 12.8 Å². The van der Waals surface area contributed by atoms with Crippen molar-refractivity contribution in [1.82, 2.24) is 39.3 Å². The molecule has 5 rings (SSSR count). The van der Waals surface area contributed by atoms with Gasteiger partial charge in [-0.2, -0.15) is 15.0 Å². The third-order valence-electron chi connectivity index (χ3n) is 5.26. The predicted molar refractivity (Wildman–Crippen MR) is 119 cm³/mol. The van der Waals surface area contributed by atoms with Crippen molar-refractivity contribution in [3.63, 3.8) is 0 Å². The molecule has 0 fully saturated rings. The van der Waals surface area contributed by atoms with Gasteiger partial charge in [-0.05, 0) is 25.0 Å². The second-order valence-electron chi connectivity index (χ2n) is 7.85. The van der Waals surface area contributed by atoms with Gasteiger partial charge in [0.05, 0.1) is 25.1 Å². The number of imidazole rings is 1. The number of carbonyl (C=O) groups is 1. The second-order valence-corrected chi connectivity index (χ2v) is 7.85. The summed E-state index contributed by atoms with van der Waals surface area (Å²) in [6, 6.07) is 3.75. The number of aryl methyl sites for hydroxylation is 1. The van der Waals surface area contributed by atoms with Gasteiger partial charge in [0.25, 0.3) is 0 Å². The van der Waals surface area contributed by atoms with E-state index in [1.165, 1.54) is 12.5 Å². The number of aromatic nitrogens is 8. The number of nitrogens with two attached hydrogens (primary N) is 1. The average molecular weight is 443 g/mol. The first kappa shape index (κ1) is 20.5. The number of nitrogen functional groups attached to an aromatic ring is 1. The number of oxazole rings is 1. The molecule has 5 aromatic heterocycles. The van der Waals surface area contributed by atoms with Gasteiger partial charge in [0.2, 0.25) is 5.89 Å². The average Bonchev–Trinajstić information content (AvgIpc) is 3.56. The first-order chi connectivity index (χ1) is 16.0. The van der Waals surface area contributed by atoms with Crippen molar-refractivity contribution in [2.75, 3.05) is 5.73 Å². The van der Waals surface area contributed by atoms with Gasteiger partial charge < -0.3 is 14.6 Å². The minimum Gasteiger partial charge on any atom is -0.443 e. The van der Waals surface area contributed by atoms with Gasteiger partial charge in [0.15, 0.2) is 17.3 Å². The van der Waals surface area contributed by atoms with Crippen molar-refractivity contribution in [3.8, 4) is 22.8 Å². The lowest BCUT2D eigenvalue weighted by molar-refractivity contribution is 0.0955. The number of fused-ring (bicyclic) bond motifs is 1. The van der Waals surface area contributed by atoms with Crippen molar-refractivity contribution in [2.24, 2.45) is 5.92 Å². The van der Waals surface area contributed by atoms with Crippen LogP contribution in [0.25, 0.3) is 28.5 Å². The third kappa shape index (κ3) is 3.95. The number of nitrogens with zero attached hydrogens (tertiary/aromatic N) is 8. The summed E-state index contributed by atoms with van der Waals surface area (Å²) in [6.45, 7) is 4.41. The van der Waals surface area contributed by atoms with Gasteiger partial charge in [-0.1, -0.05) is 6.92 Å². The standard InChI is InChI=1S/C22H21N9O2/c1-13(11-31-26-5-6-27-31)9-16(32)19-21(23)29-20(22-24-7-8-33-22)18(28-19)15-3-4-17-25-10-14(2)30(17)12-15/h3-8,10,12-13H,9,11H2,1-2H3,(H2,23,29)/t13-/m0/s1. The van der Waals surface area contributed by atoms with Crippen LogP contribution in [0.15, 0.2) is 53.8 Å². The normalized spacial score (nSPS) is 12.3.